The number of sulfone groups is 1. The van der Waals surface area contributed by atoms with Crippen LogP contribution in [0.4, 0.5) is 4.79 Å². The zero-order chi connectivity index (χ0) is 27.4. The first-order valence-electron chi connectivity index (χ1n) is 11.9. The number of hydrogen-bond donors (Lipinski definition) is 1. The topological polar surface area (TPSA) is 113 Å². The van der Waals surface area contributed by atoms with Crippen molar-refractivity contribution in [3.63, 3.8) is 0 Å². The molecule has 0 saturated carbocycles. The lowest BCUT2D eigenvalue weighted by Gasteiger charge is -2.21. The molecule has 10 heteroatoms. The number of nitrogens with one attached hydrogen (secondary N) is 1. The SMILES string of the molecule is CC(C)(C)OC(=O)CNCCOc1cccc2cc(S(=O)(=O)c3ccccc3)n(C(=O)OC(C)(C)C)c12. The lowest BCUT2D eigenvalue weighted by atomic mass is 10.2. The maximum Gasteiger partial charge on any atom is 0.420 e. The van der Waals surface area contributed by atoms with Gasteiger partial charge in [-0.15, -0.1) is 0 Å². The second-order valence-electron chi connectivity index (χ2n) is 10.4. The predicted octanol–water partition coefficient (Wildman–Crippen LogP) is 4.57. The van der Waals surface area contributed by atoms with Gasteiger partial charge in [0.15, 0.2) is 5.03 Å². The monoisotopic (exact) mass is 530 g/mol. The Hall–Kier alpha value is -3.37. The van der Waals surface area contributed by atoms with E-state index in [0.29, 0.717) is 17.7 Å². The van der Waals surface area contributed by atoms with Crippen LogP contribution in [-0.4, -0.2) is 55.9 Å². The van der Waals surface area contributed by atoms with Crippen molar-refractivity contribution in [1.29, 1.82) is 0 Å². The Balaban J connectivity index is 1.93. The third-order valence-corrected chi connectivity index (χ3v) is 6.63. The van der Waals surface area contributed by atoms with Gasteiger partial charge in [-0.1, -0.05) is 30.3 Å². The molecular formula is C27H34N2O7S. The summed E-state index contributed by atoms with van der Waals surface area (Å²) < 4.78 is 44.9. The highest BCUT2D eigenvalue weighted by atomic mass is 32.2. The number of rotatable bonds is 8. The van der Waals surface area contributed by atoms with Crippen molar-refractivity contribution in [2.45, 2.75) is 62.7 Å². The molecule has 0 saturated heterocycles. The van der Waals surface area contributed by atoms with E-state index in [1.54, 1.807) is 77.9 Å². The molecule has 0 aliphatic carbocycles. The molecule has 3 aromatic rings. The molecule has 0 amide bonds. The van der Waals surface area contributed by atoms with Gasteiger partial charge in [0, 0.05) is 11.9 Å². The summed E-state index contributed by atoms with van der Waals surface area (Å²) >= 11 is 0. The third kappa shape index (κ3) is 7.33. The number of ether oxygens (including phenoxy) is 3. The fourth-order valence-corrected chi connectivity index (χ4v) is 4.97. The van der Waals surface area contributed by atoms with Crippen molar-refractivity contribution in [3.05, 3.63) is 54.6 Å². The molecule has 2 aromatic carbocycles. The standard InChI is InChI=1S/C27H34N2O7S/c1-26(2,3)35-23(30)18-28-15-16-34-21-14-10-11-19-17-22(37(32,33)20-12-8-7-9-13-20)29(24(19)21)25(31)36-27(4,5)6/h7-14,17,28H,15-16,18H2,1-6H3. The summed E-state index contributed by atoms with van der Waals surface area (Å²) in [6, 6.07) is 14.4. The molecule has 0 aliphatic rings. The number of fused-ring (bicyclic) bond motifs is 1. The Morgan fingerprint density at radius 3 is 2.16 bits per heavy atom. The van der Waals surface area contributed by atoms with Gasteiger partial charge in [0.2, 0.25) is 9.84 Å². The number of aromatic nitrogens is 1. The highest BCUT2D eigenvalue weighted by Gasteiger charge is 2.31. The van der Waals surface area contributed by atoms with Crippen LogP contribution in [0.15, 0.2) is 64.5 Å². The van der Waals surface area contributed by atoms with E-state index >= 15 is 0 Å². The maximum absolute atomic E-state index is 13.5. The lowest BCUT2D eigenvalue weighted by molar-refractivity contribution is -0.153. The first-order valence-corrected chi connectivity index (χ1v) is 13.4. The van der Waals surface area contributed by atoms with Crippen LogP contribution < -0.4 is 10.1 Å². The molecule has 0 spiro atoms. The van der Waals surface area contributed by atoms with Crippen LogP contribution in [0.25, 0.3) is 10.9 Å². The number of hydrogen-bond acceptors (Lipinski definition) is 8. The van der Waals surface area contributed by atoms with Crippen LogP contribution in [0.3, 0.4) is 0 Å². The van der Waals surface area contributed by atoms with E-state index in [0.717, 1.165) is 4.57 Å². The molecule has 0 radical (unpaired) electrons. The Bertz CT molecular complexity index is 1370. The fraction of sp³-hybridized carbons (Fsp3) is 0.407. The second kappa shape index (κ2) is 10.9. The number of carbonyl (C=O) groups is 2. The number of esters is 1. The molecule has 0 unspecified atom stereocenters. The van der Waals surface area contributed by atoms with Gasteiger partial charge in [-0.3, -0.25) is 4.79 Å². The first kappa shape index (κ1) is 28.2. The van der Waals surface area contributed by atoms with Crippen molar-refractivity contribution >= 4 is 32.8 Å². The summed E-state index contributed by atoms with van der Waals surface area (Å²) in [5.74, 6) is -0.0823. The largest absolute Gasteiger partial charge is 0.490 e. The number of nitrogens with zero attached hydrogens (tertiary/aromatic N) is 1. The summed E-state index contributed by atoms with van der Waals surface area (Å²) in [7, 11) is -4.06. The van der Waals surface area contributed by atoms with E-state index in [1.165, 1.54) is 18.2 Å². The molecule has 0 bridgehead atoms. The molecular weight excluding hydrogens is 496 g/mol. The Morgan fingerprint density at radius 1 is 0.892 bits per heavy atom. The first-order chi connectivity index (χ1) is 17.2. The maximum atomic E-state index is 13.5. The van der Waals surface area contributed by atoms with Crippen molar-refractivity contribution < 1.29 is 32.2 Å². The molecule has 1 aromatic heterocycles. The van der Waals surface area contributed by atoms with Gasteiger partial charge in [-0.2, -0.15) is 0 Å². The van der Waals surface area contributed by atoms with Crippen LogP contribution in [-0.2, 0) is 24.1 Å². The molecule has 0 aliphatic heterocycles. The third-order valence-electron chi connectivity index (χ3n) is 4.88. The van der Waals surface area contributed by atoms with Crippen molar-refractivity contribution in [1.82, 2.24) is 9.88 Å². The fourth-order valence-electron chi connectivity index (χ4n) is 3.53. The molecule has 1 heterocycles. The minimum absolute atomic E-state index is 0.0125. The van der Waals surface area contributed by atoms with E-state index in [9.17, 15) is 18.0 Å². The average molecular weight is 531 g/mol. The Labute approximate surface area is 217 Å². The smallest absolute Gasteiger partial charge is 0.420 e. The minimum atomic E-state index is -4.06. The van der Waals surface area contributed by atoms with Gasteiger partial charge in [-0.05, 0) is 65.8 Å². The van der Waals surface area contributed by atoms with Gasteiger partial charge < -0.3 is 19.5 Å². The molecule has 0 fully saturated rings. The van der Waals surface area contributed by atoms with Gasteiger partial charge in [-0.25, -0.2) is 17.8 Å². The van der Waals surface area contributed by atoms with Gasteiger partial charge in [0.25, 0.3) is 0 Å². The number of carbonyl (C=O) groups excluding carboxylic acids is 2. The zero-order valence-corrected chi connectivity index (χ0v) is 22.8. The van der Waals surface area contributed by atoms with Crippen molar-refractivity contribution in [2.24, 2.45) is 0 Å². The summed E-state index contributed by atoms with van der Waals surface area (Å²) in [4.78, 5) is 25.2. The van der Waals surface area contributed by atoms with Gasteiger partial charge in [0.05, 0.1) is 11.4 Å². The summed E-state index contributed by atoms with van der Waals surface area (Å²) in [6.45, 7) is 11.0. The molecule has 200 valence electrons. The summed E-state index contributed by atoms with van der Waals surface area (Å²) in [6.07, 6.45) is -0.837. The van der Waals surface area contributed by atoms with E-state index < -0.39 is 27.1 Å². The summed E-state index contributed by atoms with van der Waals surface area (Å²) in [5.41, 5.74) is -1.16. The number of benzene rings is 2. The van der Waals surface area contributed by atoms with Crippen molar-refractivity contribution in [2.75, 3.05) is 19.7 Å². The van der Waals surface area contributed by atoms with Crippen LogP contribution in [0.2, 0.25) is 0 Å². The Morgan fingerprint density at radius 2 is 1.54 bits per heavy atom. The molecule has 9 nitrogen and oxygen atoms in total. The van der Waals surface area contributed by atoms with Crippen LogP contribution in [0.1, 0.15) is 41.5 Å². The van der Waals surface area contributed by atoms with Gasteiger partial charge in [0.1, 0.15) is 29.1 Å². The van der Waals surface area contributed by atoms with E-state index in [1.807, 2.05) is 0 Å². The lowest BCUT2D eigenvalue weighted by Crippen LogP contribution is -2.33. The van der Waals surface area contributed by atoms with Crippen molar-refractivity contribution in [3.8, 4) is 5.75 Å². The molecule has 37 heavy (non-hydrogen) atoms. The Kier molecular flexibility index (Phi) is 8.34. The summed E-state index contributed by atoms with van der Waals surface area (Å²) in [5, 5.41) is 3.23. The molecule has 3 rings (SSSR count). The highest BCUT2D eigenvalue weighted by molar-refractivity contribution is 7.91. The van der Waals surface area contributed by atoms with E-state index in [2.05, 4.69) is 5.32 Å². The van der Waals surface area contributed by atoms with E-state index in [4.69, 9.17) is 14.2 Å². The quantitative estimate of drug-likeness (QED) is 0.333. The number of para-hydroxylation sites is 1. The average Bonchev–Trinajstić information content (AvgIpc) is 3.19. The van der Waals surface area contributed by atoms with Crippen LogP contribution >= 0.6 is 0 Å². The minimum Gasteiger partial charge on any atom is -0.490 e. The molecule has 1 N–H and O–H groups in total. The predicted molar refractivity (Wildman–Crippen MR) is 140 cm³/mol. The molecule has 0 atom stereocenters. The zero-order valence-electron chi connectivity index (χ0n) is 22.0. The highest BCUT2D eigenvalue weighted by Crippen LogP contribution is 2.34. The normalized spacial score (nSPS) is 12.4. The van der Waals surface area contributed by atoms with E-state index in [-0.39, 0.29) is 34.6 Å². The van der Waals surface area contributed by atoms with Gasteiger partial charge >= 0.3 is 12.1 Å². The second-order valence-corrected chi connectivity index (χ2v) is 12.3. The van der Waals surface area contributed by atoms with Crippen LogP contribution in [0.5, 0.6) is 5.75 Å². The van der Waals surface area contributed by atoms with Crippen LogP contribution in [0, 0.1) is 0 Å².